The van der Waals surface area contributed by atoms with Crippen molar-refractivity contribution >= 4 is 5.91 Å². The highest BCUT2D eigenvalue weighted by atomic mass is 19.3. The van der Waals surface area contributed by atoms with Gasteiger partial charge in [-0.15, -0.1) is 0 Å². The molecule has 4 saturated carbocycles. The van der Waals surface area contributed by atoms with Crippen LogP contribution in [0.25, 0.3) is 0 Å². The summed E-state index contributed by atoms with van der Waals surface area (Å²) in [6.45, 7) is 4.67. The van der Waals surface area contributed by atoms with E-state index in [2.05, 4.69) is 13.8 Å². The van der Waals surface area contributed by atoms with E-state index in [9.17, 15) is 23.8 Å². The summed E-state index contributed by atoms with van der Waals surface area (Å²) in [7, 11) is 0. The molecule has 1 heterocycles. The second-order valence-corrected chi connectivity index (χ2v) is 12.4. The fraction of sp³-hybridized carbons (Fsp3) is 0.962. The van der Waals surface area contributed by atoms with E-state index in [1.165, 1.54) is 0 Å². The molecule has 0 bridgehead atoms. The van der Waals surface area contributed by atoms with E-state index in [1.807, 2.05) is 4.90 Å². The number of halogens is 2. The van der Waals surface area contributed by atoms with Crippen LogP contribution in [-0.4, -0.2) is 75.2 Å². The van der Waals surface area contributed by atoms with Crippen molar-refractivity contribution in [2.45, 2.75) is 107 Å². The Balaban J connectivity index is 1.32. The highest BCUT2D eigenvalue weighted by Gasteiger charge is 2.67. The fourth-order valence-corrected chi connectivity index (χ4v) is 8.57. The van der Waals surface area contributed by atoms with Gasteiger partial charge >= 0.3 is 0 Å². The molecule has 0 radical (unpaired) electrons. The average Bonchev–Trinajstić information content (AvgIpc) is 3.44. The zero-order chi connectivity index (χ0) is 24.5. The van der Waals surface area contributed by atoms with Crippen LogP contribution in [0.2, 0.25) is 0 Å². The van der Waals surface area contributed by atoms with Crippen LogP contribution < -0.4 is 0 Å². The number of ether oxygens (including phenoxy) is 1. The Morgan fingerprint density at radius 1 is 1.09 bits per heavy atom. The number of rotatable bonds is 5. The number of carbonyl (C=O) groups excluding carboxylic acids is 1. The Morgan fingerprint density at radius 3 is 2.50 bits per heavy atom. The van der Waals surface area contributed by atoms with Crippen LogP contribution in [-0.2, 0) is 9.53 Å². The minimum Gasteiger partial charge on any atom is -0.394 e. The van der Waals surface area contributed by atoms with Crippen LogP contribution in [0.4, 0.5) is 8.78 Å². The summed E-state index contributed by atoms with van der Waals surface area (Å²) in [6.07, 6.45) is 5.97. The Morgan fingerprint density at radius 2 is 1.82 bits per heavy atom. The van der Waals surface area contributed by atoms with Crippen molar-refractivity contribution in [3.8, 4) is 0 Å². The molecule has 8 heteroatoms. The van der Waals surface area contributed by atoms with E-state index < -0.39 is 23.5 Å². The van der Waals surface area contributed by atoms with Crippen molar-refractivity contribution < 1.29 is 33.6 Å². The van der Waals surface area contributed by atoms with Gasteiger partial charge in [-0.25, -0.2) is 8.78 Å². The lowest BCUT2D eigenvalue weighted by atomic mass is 9.43. The lowest BCUT2D eigenvalue weighted by molar-refractivity contribution is -0.231. The van der Waals surface area contributed by atoms with Gasteiger partial charge in [0.05, 0.1) is 24.9 Å². The minimum absolute atomic E-state index is 0.0738. The van der Waals surface area contributed by atoms with Crippen molar-refractivity contribution in [1.82, 2.24) is 4.90 Å². The maximum Gasteiger partial charge on any atom is 0.260 e. The summed E-state index contributed by atoms with van der Waals surface area (Å²) >= 11 is 0. The number of fused-ring (bicyclic) bond motifs is 5. The van der Waals surface area contributed by atoms with E-state index in [1.54, 1.807) is 0 Å². The molecule has 4 aliphatic carbocycles. The summed E-state index contributed by atoms with van der Waals surface area (Å²) in [5, 5.41) is 30.6. The molecular weight excluding hydrogens is 444 g/mol. The van der Waals surface area contributed by atoms with Gasteiger partial charge in [-0.2, -0.15) is 0 Å². The Kier molecular flexibility index (Phi) is 6.10. The third-order valence-corrected chi connectivity index (χ3v) is 10.8. The number of aliphatic hydroxyl groups is 3. The minimum atomic E-state index is -2.83. The number of alkyl halides is 2. The summed E-state index contributed by atoms with van der Waals surface area (Å²) in [4.78, 5) is 14.9. The van der Waals surface area contributed by atoms with Crippen LogP contribution in [0.3, 0.4) is 0 Å². The van der Waals surface area contributed by atoms with Crippen LogP contribution in [0.15, 0.2) is 0 Å². The van der Waals surface area contributed by atoms with E-state index in [0.717, 1.165) is 44.9 Å². The first-order valence-corrected chi connectivity index (χ1v) is 13.3. The number of nitrogens with zero attached hydrogens (tertiary/aromatic N) is 1. The van der Waals surface area contributed by atoms with E-state index in [0.29, 0.717) is 31.2 Å². The van der Waals surface area contributed by atoms with Gasteiger partial charge in [-0.1, -0.05) is 6.92 Å². The molecule has 0 aromatic rings. The number of aliphatic hydroxyl groups excluding tert-OH is 2. The summed E-state index contributed by atoms with van der Waals surface area (Å²) in [6, 6.07) is 0. The van der Waals surface area contributed by atoms with Gasteiger partial charge in [0.1, 0.15) is 12.0 Å². The van der Waals surface area contributed by atoms with Gasteiger partial charge in [0.25, 0.3) is 5.92 Å². The van der Waals surface area contributed by atoms with Crippen LogP contribution in [0.5, 0.6) is 0 Å². The van der Waals surface area contributed by atoms with E-state index >= 15 is 0 Å². The molecule has 0 aromatic carbocycles. The first-order valence-electron chi connectivity index (χ1n) is 13.3. The second kappa shape index (κ2) is 8.35. The third-order valence-electron chi connectivity index (χ3n) is 10.8. The number of hydrogen-bond acceptors (Lipinski definition) is 5. The van der Waals surface area contributed by atoms with Crippen molar-refractivity contribution in [3.63, 3.8) is 0 Å². The molecule has 34 heavy (non-hydrogen) atoms. The maximum atomic E-state index is 13.7. The molecule has 0 aromatic heterocycles. The molecule has 5 aliphatic rings. The SMILES string of the molecule is C[C@]12CC[C@H]3[C@@H](CC[C@@]4(O)C[C@@H](OC[C@H](O)CO)CC[C@]34C)[C@@H]1CCCN2C(=O)C1CC1(F)F. The van der Waals surface area contributed by atoms with Gasteiger partial charge in [0, 0.05) is 24.9 Å². The molecular formula is C26H41F2NO5. The van der Waals surface area contributed by atoms with Gasteiger partial charge in [-0.3, -0.25) is 4.79 Å². The maximum absolute atomic E-state index is 13.7. The van der Waals surface area contributed by atoms with E-state index in [4.69, 9.17) is 9.84 Å². The van der Waals surface area contributed by atoms with Gasteiger partial charge in [0.2, 0.25) is 5.91 Å². The molecule has 9 atom stereocenters. The molecule has 1 saturated heterocycles. The summed E-state index contributed by atoms with van der Waals surface area (Å²) < 4.78 is 33.3. The molecule has 1 amide bonds. The fourth-order valence-electron chi connectivity index (χ4n) is 8.57. The quantitative estimate of drug-likeness (QED) is 0.557. The molecule has 0 spiro atoms. The lowest BCUT2D eigenvalue weighted by Crippen LogP contribution is -2.68. The number of amides is 1. The Labute approximate surface area is 201 Å². The lowest BCUT2D eigenvalue weighted by Gasteiger charge is -2.66. The zero-order valence-electron chi connectivity index (χ0n) is 20.5. The Hall–Kier alpha value is -0.830. The van der Waals surface area contributed by atoms with Crippen molar-refractivity contribution in [2.75, 3.05) is 19.8 Å². The highest BCUT2D eigenvalue weighted by Crippen LogP contribution is 2.65. The molecule has 1 aliphatic heterocycles. The average molecular weight is 486 g/mol. The zero-order valence-corrected chi connectivity index (χ0v) is 20.5. The molecule has 3 N–H and O–H groups in total. The second-order valence-electron chi connectivity index (χ2n) is 12.4. The number of likely N-dealkylation sites (tertiary alicyclic amines) is 1. The van der Waals surface area contributed by atoms with Gasteiger partial charge in [-0.05, 0) is 81.5 Å². The first-order chi connectivity index (χ1) is 16.0. The summed E-state index contributed by atoms with van der Waals surface area (Å²) in [5.74, 6) is -3.31. The van der Waals surface area contributed by atoms with Crippen molar-refractivity contribution in [1.29, 1.82) is 0 Å². The monoisotopic (exact) mass is 485 g/mol. The topological polar surface area (TPSA) is 90.2 Å². The molecule has 6 nitrogen and oxygen atoms in total. The third kappa shape index (κ3) is 3.73. The predicted octanol–water partition coefficient (Wildman–Crippen LogP) is 3.12. The van der Waals surface area contributed by atoms with Crippen LogP contribution in [0, 0.1) is 29.1 Å². The largest absolute Gasteiger partial charge is 0.394 e. The standard InChI is InChI=1S/C26H41F2NO5/c1-23-8-5-17(34-15-16(31)14-30)12-25(23,33)10-6-18-19(23)7-9-24(2)20(18)4-3-11-29(24)22(32)21-13-26(21,27)28/h16-21,30-31,33H,3-15H2,1-2H3/t16-,17+,18-,19+,20+,21?,23-,24+,25-/m1/s1. The molecule has 5 fully saturated rings. The number of hydrogen-bond donors (Lipinski definition) is 3. The van der Waals surface area contributed by atoms with Crippen molar-refractivity contribution in [2.24, 2.45) is 29.1 Å². The van der Waals surface area contributed by atoms with Crippen LogP contribution in [0.1, 0.15) is 78.1 Å². The molecule has 194 valence electrons. The predicted molar refractivity (Wildman–Crippen MR) is 121 cm³/mol. The number of carbonyl (C=O) groups is 1. The van der Waals surface area contributed by atoms with Gasteiger partial charge in [0.15, 0.2) is 0 Å². The number of piperidine rings is 1. The summed E-state index contributed by atoms with van der Waals surface area (Å²) in [5.41, 5.74) is -1.46. The van der Waals surface area contributed by atoms with Gasteiger partial charge < -0.3 is 25.0 Å². The first kappa shape index (κ1) is 24.8. The highest BCUT2D eigenvalue weighted by molar-refractivity contribution is 5.83. The smallest absolute Gasteiger partial charge is 0.260 e. The van der Waals surface area contributed by atoms with Crippen LogP contribution >= 0.6 is 0 Å². The van der Waals surface area contributed by atoms with E-state index in [-0.39, 0.29) is 48.5 Å². The molecule has 1 unspecified atom stereocenters. The van der Waals surface area contributed by atoms with Crippen molar-refractivity contribution in [3.05, 3.63) is 0 Å². The molecule has 5 rings (SSSR count). The normalized spacial score (nSPS) is 48.3. The Bertz CT molecular complexity index is 812.